The molecule has 0 spiro atoms. The highest BCUT2D eigenvalue weighted by molar-refractivity contribution is 6.33. The van der Waals surface area contributed by atoms with Crippen LogP contribution in [0.4, 0.5) is 17.5 Å². The van der Waals surface area contributed by atoms with Crippen molar-refractivity contribution in [2.75, 3.05) is 10.6 Å². The summed E-state index contributed by atoms with van der Waals surface area (Å²) in [6.07, 6.45) is 0.991. The summed E-state index contributed by atoms with van der Waals surface area (Å²) in [5.41, 5.74) is 3.83. The Kier molecular flexibility index (Phi) is 5.74. The largest absolute Gasteiger partial charge is 0.352 e. The monoisotopic (exact) mass is 366 g/mol. The standard InChI is InChI=1S/C21H23ClN4/c1-4-15(3)23-21-24-18(16-10-6-5-7-11-16)13-19(26-21)25-20-14(2)9-8-12-17(20)22/h5-13,15H,4H2,1-3H3,(H2,23,24,25,26)/t15-/m1/s1. The second-order valence-electron chi connectivity index (χ2n) is 6.34. The molecule has 1 heterocycles. The third-order valence-corrected chi connectivity index (χ3v) is 4.57. The number of para-hydroxylation sites is 1. The van der Waals surface area contributed by atoms with Crippen molar-refractivity contribution in [1.29, 1.82) is 0 Å². The van der Waals surface area contributed by atoms with Gasteiger partial charge in [0.1, 0.15) is 5.82 Å². The van der Waals surface area contributed by atoms with E-state index in [0.717, 1.165) is 28.9 Å². The Morgan fingerprint density at radius 1 is 1.04 bits per heavy atom. The maximum Gasteiger partial charge on any atom is 0.225 e. The first-order chi connectivity index (χ1) is 12.6. The molecule has 0 amide bonds. The van der Waals surface area contributed by atoms with Gasteiger partial charge in [-0.15, -0.1) is 0 Å². The quantitative estimate of drug-likeness (QED) is 0.556. The van der Waals surface area contributed by atoms with Crippen molar-refractivity contribution in [3.8, 4) is 11.3 Å². The first kappa shape index (κ1) is 18.2. The molecular formula is C21H23ClN4. The molecule has 2 N–H and O–H groups in total. The lowest BCUT2D eigenvalue weighted by Gasteiger charge is -2.16. The van der Waals surface area contributed by atoms with Crippen molar-refractivity contribution in [3.05, 3.63) is 65.2 Å². The zero-order valence-corrected chi connectivity index (χ0v) is 16.0. The van der Waals surface area contributed by atoms with Gasteiger partial charge in [-0.25, -0.2) is 4.98 Å². The van der Waals surface area contributed by atoms with E-state index < -0.39 is 0 Å². The minimum Gasteiger partial charge on any atom is -0.352 e. The summed E-state index contributed by atoms with van der Waals surface area (Å²) >= 11 is 6.36. The van der Waals surface area contributed by atoms with Crippen molar-refractivity contribution < 1.29 is 0 Å². The number of anilines is 3. The van der Waals surface area contributed by atoms with Gasteiger partial charge in [-0.3, -0.25) is 0 Å². The highest BCUT2D eigenvalue weighted by Crippen LogP contribution is 2.30. The molecular weight excluding hydrogens is 344 g/mol. The van der Waals surface area contributed by atoms with E-state index in [1.807, 2.05) is 61.5 Å². The number of rotatable bonds is 6. The number of nitrogens with zero attached hydrogens (tertiary/aromatic N) is 2. The van der Waals surface area contributed by atoms with Crippen LogP contribution < -0.4 is 10.6 Å². The molecule has 0 fully saturated rings. The molecule has 0 bridgehead atoms. The van der Waals surface area contributed by atoms with Crippen molar-refractivity contribution in [3.63, 3.8) is 0 Å². The normalized spacial score (nSPS) is 11.8. The van der Waals surface area contributed by atoms with Crippen LogP contribution in [-0.2, 0) is 0 Å². The lowest BCUT2D eigenvalue weighted by Crippen LogP contribution is -2.16. The van der Waals surface area contributed by atoms with Gasteiger partial charge in [0.2, 0.25) is 5.95 Å². The van der Waals surface area contributed by atoms with Crippen LogP contribution in [0, 0.1) is 6.92 Å². The van der Waals surface area contributed by atoms with Gasteiger partial charge < -0.3 is 10.6 Å². The maximum absolute atomic E-state index is 6.36. The van der Waals surface area contributed by atoms with E-state index in [1.165, 1.54) is 0 Å². The fourth-order valence-corrected chi connectivity index (χ4v) is 2.84. The average Bonchev–Trinajstić information content (AvgIpc) is 2.65. The highest BCUT2D eigenvalue weighted by Gasteiger charge is 2.11. The molecule has 0 aliphatic heterocycles. The molecule has 4 nitrogen and oxygen atoms in total. The molecule has 2 aromatic carbocycles. The topological polar surface area (TPSA) is 49.8 Å². The molecule has 1 atom stereocenters. The number of nitrogens with one attached hydrogen (secondary N) is 2. The molecule has 0 saturated heterocycles. The van der Waals surface area contributed by atoms with E-state index in [2.05, 4.69) is 34.4 Å². The first-order valence-electron chi connectivity index (χ1n) is 8.80. The van der Waals surface area contributed by atoms with Gasteiger partial charge in [-0.1, -0.05) is 61.0 Å². The van der Waals surface area contributed by atoms with E-state index >= 15 is 0 Å². The third-order valence-electron chi connectivity index (χ3n) is 4.26. The van der Waals surface area contributed by atoms with Gasteiger partial charge in [0.05, 0.1) is 16.4 Å². The number of aryl methyl sites for hydroxylation is 1. The lowest BCUT2D eigenvalue weighted by atomic mass is 10.1. The fourth-order valence-electron chi connectivity index (χ4n) is 2.57. The molecule has 134 valence electrons. The zero-order chi connectivity index (χ0) is 18.5. The number of hydrogen-bond acceptors (Lipinski definition) is 4. The first-order valence-corrected chi connectivity index (χ1v) is 9.17. The molecule has 3 aromatic rings. The predicted molar refractivity (Wildman–Crippen MR) is 110 cm³/mol. The maximum atomic E-state index is 6.36. The van der Waals surface area contributed by atoms with Crippen LogP contribution in [0.3, 0.4) is 0 Å². The SMILES string of the molecule is CC[C@@H](C)Nc1nc(Nc2c(C)cccc2Cl)cc(-c2ccccc2)n1. The molecule has 0 saturated carbocycles. The smallest absolute Gasteiger partial charge is 0.225 e. The molecule has 0 aliphatic carbocycles. The zero-order valence-electron chi connectivity index (χ0n) is 15.3. The van der Waals surface area contributed by atoms with Crippen molar-refractivity contribution in [1.82, 2.24) is 9.97 Å². The second-order valence-corrected chi connectivity index (χ2v) is 6.75. The summed E-state index contributed by atoms with van der Waals surface area (Å²) in [4.78, 5) is 9.32. The van der Waals surface area contributed by atoms with Crippen LogP contribution in [-0.4, -0.2) is 16.0 Å². The third kappa shape index (κ3) is 4.33. The van der Waals surface area contributed by atoms with Crippen molar-refractivity contribution in [2.24, 2.45) is 0 Å². The van der Waals surface area contributed by atoms with Gasteiger partial charge in [0.15, 0.2) is 0 Å². The summed E-state index contributed by atoms with van der Waals surface area (Å²) in [5.74, 6) is 1.31. The molecule has 0 radical (unpaired) electrons. The highest BCUT2D eigenvalue weighted by atomic mass is 35.5. The number of hydrogen-bond donors (Lipinski definition) is 2. The number of halogens is 1. The summed E-state index contributed by atoms with van der Waals surface area (Å²) in [6.45, 7) is 6.26. The van der Waals surface area contributed by atoms with Crippen LogP contribution >= 0.6 is 11.6 Å². The van der Waals surface area contributed by atoms with Crippen LogP contribution in [0.1, 0.15) is 25.8 Å². The van der Waals surface area contributed by atoms with E-state index in [9.17, 15) is 0 Å². The Hall–Kier alpha value is -2.59. The molecule has 0 aliphatic rings. The van der Waals surface area contributed by atoms with E-state index in [4.69, 9.17) is 11.6 Å². The number of benzene rings is 2. The van der Waals surface area contributed by atoms with Gasteiger partial charge in [-0.05, 0) is 31.9 Å². The average molecular weight is 367 g/mol. The second kappa shape index (κ2) is 8.19. The molecule has 26 heavy (non-hydrogen) atoms. The van der Waals surface area contributed by atoms with Gasteiger partial charge in [0, 0.05) is 17.7 Å². The molecule has 1 aromatic heterocycles. The van der Waals surface area contributed by atoms with Crippen molar-refractivity contribution >= 4 is 29.1 Å². The Bertz CT molecular complexity index is 860. The fraction of sp³-hybridized carbons (Fsp3) is 0.238. The Balaban J connectivity index is 2.02. The van der Waals surface area contributed by atoms with Gasteiger partial charge >= 0.3 is 0 Å². The van der Waals surface area contributed by atoms with Crippen LogP contribution in [0.2, 0.25) is 5.02 Å². The molecule has 5 heteroatoms. The Labute approximate surface area is 159 Å². The summed E-state index contributed by atoms with van der Waals surface area (Å²) in [6, 6.07) is 18.1. The minimum atomic E-state index is 0.288. The summed E-state index contributed by atoms with van der Waals surface area (Å²) in [5, 5.41) is 7.39. The van der Waals surface area contributed by atoms with Gasteiger partial charge in [-0.2, -0.15) is 4.98 Å². The molecule has 0 unspecified atom stereocenters. The lowest BCUT2D eigenvalue weighted by molar-refractivity contribution is 0.753. The Morgan fingerprint density at radius 2 is 1.81 bits per heavy atom. The molecule has 3 rings (SSSR count). The van der Waals surface area contributed by atoms with Crippen LogP contribution in [0.15, 0.2) is 54.6 Å². The van der Waals surface area contributed by atoms with Gasteiger partial charge in [0.25, 0.3) is 0 Å². The van der Waals surface area contributed by atoms with E-state index in [1.54, 1.807) is 0 Å². The van der Waals surface area contributed by atoms with E-state index in [0.29, 0.717) is 16.8 Å². The predicted octanol–water partition coefficient (Wildman–Crippen LogP) is 6.06. The van der Waals surface area contributed by atoms with Crippen LogP contribution in [0.5, 0.6) is 0 Å². The Morgan fingerprint density at radius 3 is 2.50 bits per heavy atom. The van der Waals surface area contributed by atoms with Crippen LogP contribution in [0.25, 0.3) is 11.3 Å². The van der Waals surface area contributed by atoms with Crippen molar-refractivity contribution in [2.45, 2.75) is 33.2 Å². The number of aromatic nitrogens is 2. The summed E-state index contributed by atoms with van der Waals surface area (Å²) in [7, 11) is 0. The summed E-state index contributed by atoms with van der Waals surface area (Å²) < 4.78 is 0. The van der Waals surface area contributed by atoms with E-state index in [-0.39, 0.29) is 6.04 Å². The minimum absolute atomic E-state index is 0.288.